The van der Waals surface area contributed by atoms with E-state index in [1.165, 1.54) is 7.11 Å². The Morgan fingerprint density at radius 1 is 1.45 bits per heavy atom. The number of hydrogen-bond donors (Lipinski definition) is 3. The predicted molar refractivity (Wildman–Crippen MR) is 77.7 cm³/mol. The Bertz CT molecular complexity index is 476. The average molecular weight is 278 g/mol. The van der Waals surface area contributed by atoms with Crippen LogP contribution in [0.1, 0.15) is 36.0 Å². The van der Waals surface area contributed by atoms with Gasteiger partial charge in [0.05, 0.1) is 18.9 Å². The lowest BCUT2D eigenvalue weighted by Gasteiger charge is -2.27. The highest BCUT2D eigenvalue weighted by molar-refractivity contribution is 5.95. The molecular weight excluding hydrogens is 256 g/mol. The molecule has 0 aliphatic heterocycles. The van der Waals surface area contributed by atoms with E-state index in [9.17, 15) is 9.90 Å². The number of nitrogens with two attached hydrogens (primary N) is 1. The van der Waals surface area contributed by atoms with Crippen molar-refractivity contribution >= 4 is 11.6 Å². The number of anilines is 1. The lowest BCUT2D eigenvalue weighted by molar-refractivity contribution is 0.0663. The molecule has 1 saturated carbocycles. The highest BCUT2D eigenvalue weighted by Gasteiger charge is 2.23. The zero-order valence-electron chi connectivity index (χ0n) is 11.8. The number of carbonyl (C=O) groups excluding carboxylic acids is 1. The van der Waals surface area contributed by atoms with Crippen molar-refractivity contribution in [3.63, 3.8) is 0 Å². The minimum Gasteiger partial charge on any atom is -0.495 e. The number of benzene rings is 1. The van der Waals surface area contributed by atoms with Crippen molar-refractivity contribution in [1.82, 2.24) is 5.32 Å². The summed E-state index contributed by atoms with van der Waals surface area (Å²) in [5.74, 6) is 0.486. The van der Waals surface area contributed by atoms with E-state index in [1.54, 1.807) is 18.2 Å². The topological polar surface area (TPSA) is 84.6 Å². The molecular formula is C15H22N2O3. The highest BCUT2D eigenvalue weighted by atomic mass is 16.5. The van der Waals surface area contributed by atoms with Gasteiger partial charge >= 0.3 is 0 Å². The van der Waals surface area contributed by atoms with E-state index in [0.717, 1.165) is 25.7 Å². The first-order valence-corrected chi connectivity index (χ1v) is 7.01. The van der Waals surface area contributed by atoms with Crippen molar-refractivity contribution in [3.05, 3.63) is 23.8 Å². The van der Waals surface area contributed by atoms with Crippen LogP contribution in [0.25, 0.3) is 0 Å². The molecule has 1 aliphatic carbocycles. The monoisotopic (exact) mass is 278 g/mol. The van der Waals surface area contributed by atoms with Crippen LogP contribution >= 0.6 is 0 Å². The van der Waals surface area contributed by atoms with Crippen molar-refractivity contribution in [2.45, 2.75) is 31.8 Å². The largest absolute Gasteiger partial charge is 0.495 e. The van der Waals surface area contributed by atoms with E-state index < -0.39 is 0 Å². The van der Waals surface area contributed by atoms with Gasteiger partial charge in [-0.1, -0.05) is 12.8 Å². The number of aliphatic hydroxyl groups excluding tert-OH is 1. The molecule has 0 heterocycles. The number of rotatable bonds is 4. The molecule has 1 aromatic rings. The first-order valence-electron chi connectivity index (χ1n) is 7.01. The molecule has 5 nitrogen and oxygen atoms in total. The smallest absolute Gasteiger partial charge is 0.251 e. The molecule has 0 spiro atoms. The molecule has 110 valence electrons. The summed E-state index contributed by atoms with van der Waals surface area (Å²) in [4.78, 5) is 12.1. The third kappa shape index (κ3) is 3.42. The molecule has 0 aromatic heterocycles. The summed E-state index contributed by atoms with van der Waals surface area (Å²) < 4.78 is 5.10. The van der Waals surface area contributed by atoms with Crippen molar-refractivity contribution in [3.8, 4) is 5.75 Å². The van der Waals surface area contributed by atoms with Crippen LogP contribution < -0.4 is 15.8 Å². The van der Waals surface area contributed by atoms with Crippen LogP contribution in [0.5, 0.6) is 5.75 Å². The molecule has 2 rings (SSSR count). The molecule has 20 heavy (non-hydrogen) atoms. The van der Waals surface area contributed by atoms with E-state index in [1.807, 2.05) is 0 Å². The average Bonchev–Trinajstić information content (AvgIpc) is 2.46. The van der Waals surface area contributed by atoms with Gasteiger partial charge in [-0.2, -0.15) is 0 Å². The Morgan fingerprint density at radius 2 is 2.20 bits per heavy atom. The molecule has 2 atom stereocenters. The Labute approximate surface area is 119 Å². The number of amides is 1. The number of nitrogen functional groups attached to an aromatic ring is 1. The summed E-state index contributed by atoms with van der Waals surface area (Å²) >= 11 is 0. The number of methoxy groups -OCH3 is 1. The minimum absolute atomic E-state index is 0.156. The molecule has 0 saturated heterocycles. The maximum Gasteiger partial charge on any atom is 0.251 e. The van der Waals surface area contributed by atoms with Crippen molar-refractivity contribution < 1.29 is 14.6 Å². The summed E-state index contributed by atoms with van der Waals surface area (Å²) in [7, 11) is 1.52. The van der Waals surface area contributed by atoms with Crippen molar-refractivity contribution in [2.75, 3.05) is 19.4 Å². The van der Waals surface area contributed by atoms with Crippen molar-refractivity contribution in [1.29, 1.82) is 0 Å². The molecule has 1 fully saturated rings. The fourth-order valence-electron chi connectivity index (χ4n) is 2.60. The van der Waals surface area contributed by atoms with E-state index in [0.29, 0.717) is 23.5 Å². The predicted octanol–water partition coefficient (Wildman–Crippen LogP) is 1.56. The van der Waals surface area contributed by atoms with E-state index in [2.05, 4.69) is 5.32 Å². The van der Waals surface area contributed by atoms with E-state index in [-0.39, 0.29) is 17.9 Å². The lowest BCUT2D eigenvalue weighted by Crippen LogP contribution is -2.36. The minimum atomic E-state index is -0.301. The van der Waals surface area contributed by atoms with Crippen LogP contribution in [0.4, 0.5) is 5.69 Å². The van der Waals surface area contributed by atoms with Gasteiger partial charge in [-0.15, -0.1) is 0 Å². The fraction of sp³-hybridized carbons (Fsp3) is 0.533. The van der Waals surface area contributed by atoms with Crippen LogP contribution in [0.2, 0.25) is 0 Å². The molecule has 5 heteroatoms. The van der Waals surface area contributed by atoms with Crippen LogP contribution in [0.3, 0.4) is 0 Å². The molecule has 1 amide bonds. The zero-order valence-corrected chi connectivity index (χ0v) is 11.8. The summed E-state index contributed by atoms with van der Waals surface area (Å²) in [6, 6.07) is 4.95. The molecule has 1 unspecified atom stereocenters. The quantitative estimate of drug-likeness (QED) is 0.730. The highest BCUT2D eigenvalue weighted by Crippen LogP contribution is 2.24. The van der Waals surface area contributed by atoms with Gasteiger partial charge in [-0.05, 0) is 31.0 Å². The molecule has 4 N–H and O–H groups in total. The Balaban J connectivity index is 1.94. The summed E-state index contributed by atoms with van der Waals surface area (Å²) in [6.45, 7) is 0.507. The van der Waals surface area contributed by atoms with Gasteiger partial charge in [0, 0.05) is 18.0 Å². The fourth-order valence-corrected chi connectivity index (χ4v) is 2.60. The number of aliphatic hydroxyl groups is 1. The lowest BCUT2D eigenvalue weighted by atomic mass is 9.86. The molecule has 1 aliphatic rings. The van der Waals surface area contributed by atoms with Crippen molar-refractivity contribution in [2.24, 2.45) is 5.92 Å². The second-order valence-corrected chi connectivity index (χ2v) is 5.28. The van der Waals surface area contributed by atoms with Crippen LogP contribution in [-0.2, 0) is 0 Å². The normalized spacial score (nSPS) is 22.3. The van der Waals surface area contributed by atoms with Gasteiger partial charge in [-0.3, -0.25) is 4.79 Å². The van der Waals surface area contributed by atoms with Gasteiger partial charge < -0.3 is 20.9 Å². The number of hydrogen-bond acceptors (Lipinski definition) is 4. The first kappa shape index (κ1) is 14.7. The third-order valence-electron chi connectivity index (χ3n) is 3.89. The maximum absolute atomic E-state index is 12.1. The van der Waals surface area contributed by atoms with E-state index in [4.69, 9.17) is 10.5 Å². The summed E-state index contributed by atoms with van der Waals surface area (Å²) in [5, 5.41) is 12.8. The van der Waals surface area contributed by atoms with Gasteiger partial charge in [-0.25, -0.2) is 0 Å². The van der Waals surface area contributed by atoms with Crippen LogP contribution in [0, 0.1) is 5.92 Å². The second-order valence-electron chi connectivity index (χ2n) is 5.28. The molecule has 1 aromatic carbocycles. The van der Waals surface area contributed by atoms with Gasteiger partial charge in [0.1, 0.15) is 5.75 Å². The van der Waals surface area contributed by atoms with Gasteiger partial charge in [0.15, 0.2) is 0 Å². The molecule has 0 bridgehead atoms. The van der Waals surface area contributed by atoms with Crippen LogP contribution in [0.15, 0.2) is 18.2 Å². The standard InChI is InChI=1S/C15H22N2O3/c1-20-14-8-10(6-7-12(14)16)15(19)17-9-11-4-2-3-5-13(11)18/h6-8,11,13,18H,2-5,9,16H2,1H3,(H,17,19)/t11-,13?/m0/s1. The first-order chi connectivity index (χ1) is 9.61. The Kier molecular flexibility index (Phi) is 4.84. The number of nitrogens with one attached hydrogen (secondary N) is 1. The zero-order chi connectivity index (χ0) is 14.5. The number of ether oxygens (including phenoxy) is 1. The summed E-state index contributed by atoms with van der Waals surface area (Å²) in [5.41, 5.74) is 6.74. The SMILES string of the molecule is COc1cc(C(=O)NC[C@@H]2CCCCC2O)ccc1N. The van der Waals surface area contributed by atoms with Gasteiger partial charge in [0.25, 0.3) is 5.91 Å². The third-order valence-corrected chi connectivity index (χ3v) is 3.89. The van der Waals surface area contributed by atoms with E-state index >= 15 is 0 Å². The van der Waals surface area contributed by atoms with Gasteiger partial charge in [0.2, 0.25) is 0 Å². The Morgan fingerprint density at radius 3 is 2.90 bits per heavy atom. The molecule has 0 radical (unpaired) electrons. The Hall–Kier alpha value is -1.75. The maximum atomic E-state index is 12.1. The second kappa shape index (κ2) is 6.61. The number of carbonyl (C=O) groups is 1. The van der Waals surface area contributed by atoms with Crippen LogP contribution in [-0.4, -0.2) is 30.8 Å². The summed E-state index contributed by atoms with van der Waals surface area (Å²) in [6.07, 6.45) is 3.68.